The molecule has 1 fully saturated rings. The van der Waals surface area contributed by atoms with E-state index < -0.39 is 15.6 Å². The number of likely N-dealkylation sites (tertiary alicyclic amines) is 1. The molecule has 0 radical (unpaired) electrons. The van der Waals surface area contributed by atoms with Crippen LogP contribution in [-0.4, -0.2) is 59.1 Å². The van der Waals surface area contributed by atoms with E-state index in [9.17, 15) is 8.42 Å². The van der Waals surface area contributed by atoms with Crippen LogP contribution in [0.3, 0.4) is 0 Å². The first-order valence-corrected chi connectivity index (χ1v) is 11.8. The Morgan fingerprint density at radius 3 is 2.48 bits per heavy atom. The van der Waals surface area contributed by atoms with E-state index in [0.29, 0.717) is 13.1 Å². The van der Waals surface area contributed by atoms with Gasteiger partial charge in [-0.3, -0.25) is 4.90 Å². The maximum absolute atomic E-state index is 12.4. The van der Waals surface area contributed by atoms with Gasteiger partial charge in [-0.05, 0) is 19.9 Å². The molecule has 1 spiro atoms. The SMILES string of the molecule is Cc1ccc2c(c1)CN(S(C)(=O)=O)CC1(CCN(Cc3cnc(C)nc3)CC1)O2. The maximum Gasteiger partial charge on any atom is 0.211 e. The second-order valence-corrected chi connectivity index (χ2v) is 10.3. The Morgan fingerprint density at radius 2 is 1.83 bits per heavy atom. The topological polar surface area (TPSA) is 75.6 Å². The minimum Gasteiger partial charge on any atom is -0.485 e. The van der Waals surface area contributed by atoms with E-state index in [1.165, 1.54) is 6.26 Å². The third-order valence-corrected chi connectivity index (χ3v) is 7.03. The molecule has 2 aliphatic rings. The van der Waals surface area contributed by atoms with E-state index in [2.05, 4.69) is 14.9 Å². The average molecular weight is 417 g/mol. The van der Waals surface area contributed by atoms with Crippen molar-refractivity contribution in [3.05, 3.63) is 53.1 Å². The Morgan fingerprint density at radius 1 is 1.14 bits per heavy atom. The third-order valence-electron chi connectivity index (χ3n) is 5.83. The summed E-state index contributed by atoms with van der Waals surface area (Å²) in [6, 6.07) is 6.03. The second-order valence-electron chi connectivity index (χ2n) is 8.34. The molecular formula is C21H28N4O3S. The van der Waals surface area contributed by atoms with Gasteiger partial charge in [0.05, 0.1) is 12.8 Å². The molecular weight excluding hydrogens is 388 g/mol. The molecule has 156 valence electrons. The summed E-state index contributed by atoms with van der Waals surface area (Å²) in [6.07, 6.45) is 6.59. The van der Waals surface area contributed by atoms with E-state index in [-0.39, 0.29) is 0 Å². The first kappa shape index (κ1) is 20.3. The van der Waals surface area contributed by atoms with Gasteiger partial charge in [0.15, 0.2) is 0 Å². The number of hydrogen-bond donors (Lipinski definition) is 0. The zero-order valence-corrected chi connectivity index (χ0v) is 18.1. The highest BCUT2D eigenvalue weighted by Gasteiger charge is 2.42. The van der Waals surface area contributed by atoms with Gasteiger partial charge in [-0.1, -0.05) is 17.7 Å². The molecule has 1 aromatic heterocycles. The van der Waals surface area contributed by atoms with Crippen molar-refractivity contribution < 1.29 is 13.2 Å². The maximum atomic E-state index is 12.4. The van der Waals surface area contributed by atoms with Crippen molar-refractivity contribution in [3.8, 4) is 5.75 Å². The number of rotatable bonds is 3. The molecule has 0 amide bonds. The molecule has 1 saturated heterocycles. The molecule has 0 N–H and O–H groups in total. The molecule has 3 heterocycles. The molecule has 0 bridgehead atoms. The Hall–Kier alpha value is -2.03. The number of fused-ring (bicyclic) bond motifs is 1. The van der Waals surface area contributed by atoms with Gasteiger partial charge in [0, 0.05) is 62.5 Å². The van der Waals surface area contributed by atoms with Crippen molar-refractivity contribution in [1.82, 2.24) is 19.2 Å². The predicted octanol–water partition coefficient (Wildman–Crippen LogP) is 2.28. The van der Waals surface area contributed by atoms with Crippen molar-refractivity contribution in [2.75, 3.05) is 25.9 Å². The van der Waals surface area contributed by atoms with Gasteiger partial charge in [0.1, 0.15) is 17.2 Å². The summed E-state index contributed by atoms with van der Waals surface area (Å²) in [5.41, 5.74) is 2.63. The highest BCUT2D eigenvalue weighted by Crippen LogP contribution is 2.37. The summed E-state index contributed by atoms with van der Waals surface area (Å²) < 4.78 is 33.0. The molecule has 0 atom stereocenters. The van der Waals surface area contributed by atoms with Crippen molar-refractivity contribution in [1.29, 1.82) is 0 Å². The van der Waals surface area contributed by atoms with E-state index >= 15 is 0 Å². The van der Waals surface area contributed by atoms with Crippen LogP contribution in [0.25, 0.3) is 0 Å². The van der Waals surface area contributed by atoms with Crippen LogP contribution >= 0.6 is 0 Å². The minimum atomic E-state index is -3.32. The van der Waals surface area contributed by atoms with Crippen molar-refractivity contribution in [2.24, 2.45) is 0 Å². The first-order chi connectivity index (χ1) is 13.7. The summed E-state index contributed by atoms with van der Waals surface area (Å²) >= 11 is 0. The number of piperidine rings is 1. The molecule has 2 aromatic rings. The number of sulfonamides is 1. The van der Waals surface area contributed by atoms with E-state index in [0.717, 1.165) is 60.7 Å². The summed E-state index contributed by atoms with van der Waals surface area (Å²) in [5, 5.41) is 0. The lowest BCUT2D eigenvalue weighted by molar-refractivity contribution is -0.00748. The number of nitrogens with zero attached hydrogens (tertiary/aromatic N) is 4. The standard InChI is InChI=1S/C21H28N4O3S/c1-16-4-5-20-19(10-16)14-25(29(3,26)27)15-21(28-20)6-8-24(9-7-21)13-18-11-22-17(2)23-12-18/h4-5,10-12H,6-9,13-15H2,1-3H3. The van der Waals surface area contributed by atoms with Gasteiger partial charge in [0.25, 0.3) is 0 Å². The van der Waals surface area contributed by atoms with Gasteiger partial charge in [-0.15, -0.1) is 0 Å². The van der Waals surface area contributed by atoms with Crippen LogP contribution in [0.2, 0.25) is 0 Å². The molecule has 29 heavy (non-hydrogen) atoms. The molecule has 8 heteroatoms. The second kappa shape index (κ2) is 7.66. The van der Waals surface area contributed by atoms with Gasteiger partial charge in [-0.25, -0.2) is 18.4 Å². The summed E-state index contributed by atoms with van der Waals surface area (Å²) in [4.78, 5) is 10.9. The van der Waals surface area contributed by atoms with Crippen LogP contribution in [0.5, 0.6) is 5.75 Å². The fourth-order valence-electron chi connectivity index (χ4n) is 4.14. The van der Waals surface area contributed by atoms with Crippen molar-refractivity contribution in [2.45, 2.75) is 45.4 Å². The van der Waals surface area contributed by atoms with Crippen LogP contribution in [-0.2, 0) is 23.1 Å². The van der Waals surface area contributed by atoms with E-state index in [1.54, 1.807) is 4.31 Å². The zero-order chi connectivity index (χ0) is 20.6. The highest BCUT2D eigenvalue weighted by molar-refractivity contribution is 7.88. The number of aryl methyl sites for hydroxylation is 2. The Kier molecular flexibility index (Phi) is 5.35. The van der Waals surface area contributed by atoms with Crippen LogP contribution in [0.15, 0.2) is 30.6 Å². The van der Waals surface area contributed by atoms with Crippen LogP contribution < -0.4 is 4.74 Å². The lowest BCUT2D eigenvalue weighted by atomic mass is 9.90. The monoisotopic (exact) mass is 416 g/mol. The van der Waals surface area contributed by atoms with Crippen molar-refractivity contribution in [3.63, 3.8) is 0 Å². The molecule has 0 saturated carbocycles. The number of benzene rings is 1. The number of hydrogen-bond acceptors (Lipinski definition) is 6. The van der Waals surface area contributed by atoms with Crippen LogP contribution in [0, 0.1) is 13.8 Å². The lowest BCUT2D eigenvalue weighted by Crippen LogP contribution is -2.53. The fourth-order valence-corrected chi connectivity index (χ4v) is 4.98. The summed E-state index contributed by atoms with van der Waals surface area (Å²) in [5.74, 6) is 1.58. The fraction of sp³-hybridized carbons (Fsp3) is 0.524. The third kappa shape index (κ3) is 4.60. The smallest absolute Gasteiger partial charge is 0.211 e. The van der Waals surface area contributed by atoms with Gasteiger partial charge < -0.3 is 4.74 Å². The molecule has 4 rings (SSSR count). The van der Waals surface area contributed by atoms with Crippen LogP contribution in [0.1, 0.15) is 35.4 Å². The Balaban J connectivity index is 1.53. The average Bonchev–Trinajstić information content (AvgIpc) is 2.82. The Labute approximate surface area is 172 Å². The largest absolute Gasteiger partial charge is 0.485 e. The normalized spacial score (nSPS) is 20.1. The number of ether oxygens (including phenoxy) is 1. The molecule has 7 nitrogen and oxygen atoms in total. The summed E-state index contributed by atoms with van der Waals surface area (Å²) in [7, 11) is -3.32. The first-order valence-electron chi connectivity index (χ1n) is 9.96. The molecule has 0 unspecified atom stereocenters. The molecule has 2 aliphatic heterocycles. The van der Waals surface area contributed by atoms with Crippen LogP contribution in [0.4, 0.5) is 0 Å². The quantitative estimate of drug-likeness (QED) is 0.764. The predicted molar refractivity (Wildman–Crippen MR) is 111 cm³/mol. The Bertz CT molecular complexity index is 983. The van der Waals surface area contributed by atoms with E-state index in [4.69, 9.17) is 4.74 Å². The minimum absolute atomic E-state index is 0.363. The summed E-state index contributed by atoms with van der Waals surface area (Å²) in [6.45, 7) is 7.12. The van der Waals surface area contributed by atoms with Gasteiger partial charge >= 0.3 is 0 Å². The highest BCUT2D eigenvalue weighted by atomic mass is 32.2. The van der Waals surface area contributed by atoms with Crippen molar-refractivity contribution >= 4 is 10.0 Å². The molecule has 0 aliphatic carbocycles. The van der Waals surface area contributed by atoms with Gasteiger partial charge in [0.2, 0.25) is 10.0 Å². The number of aromatic nitrogens is 2. The molecule has 1 aromatic carbocycles. The lowest BCUT2D eigenvalue weighted by Gasteiger charge is -2.42. The van der Waals surface area contributed by atoms with Gasteiger partial charge in [-0.2, -0.15) is 4.31 Å². The van der Waals surface area contributed by atoms with E-state index in [1.807, 2.05) is 44.4 Å². The zero-order valence-electron chi connectivity index (χ0n) is 17.3.